The predicted octanol–water partition coefficient (Wildman–Crippen LogP) is 0.494. The first-order valence-corrected chi connectivity index (χ1v) is 3.41. The molecule has 0 atom stereocenters. The summed E-state index contributed by atoms with van der Waals surface area (Å²) < 4.78 is 6.23. The van der Waals surface area contributed by atoms with Crippen molar-refractivity contribution >= 4 is 5.97 Å². The monoisotopic (exact) mass is 170 g/mol. The van der Waals surface area contributed by atoms with Crippen molar-refractivity contribution < 1.29 is 14.6 Å². The average Bonchev–Trinajstić information content (AvgIpc) is 2.32. The number of hydrogen-bond donors (Lipinski definition) is 1. The number of carbonyl (C=O) groups is 1. The van der Waals surface area contributed by atoms with Gasteiger partial charge in [0.05, 0.1) is 5.69 Å². The van der Waals surface area contributed by atoms with Gasteiger partial charge in [0.15, 0.2) is 0 Å². The number of aromatic carboxylic acids is 1. The molecule has 1 N–H and O–H groups in total. The van der Waals surface area contributed by atoms with Crippen molar-refractivity contribution in [3.63, 3.8) is 0 Å². The van der Waals surface area contributed by atoms with Crippen molar-refractivity contribution in [1.29, 1.82) is 0 Å². The molecule has 5 heteroatoms. The predicted molar refractivity (Wildman–Crippen MR) is 40.9 cm³/mol. The van der Waals surface area contributed by atoms with Crippen molar-refractivity contribution in [3.8, 4) is 0 Å². The Morgan fingerprint density at radius 1 is 1.83 bits per heavy atom. The Hall–Kier alpha value is -1.36. The molecule has 66 valence electrons. The van der Waals surface area contributed by atoms with Crippen molar-refractivity contribution in [3.05, 3.63) is 17.5 Å². The molecule has 1 heterocycles. The number of aryl methyl sites for hydroxylation is 1. The van der Waals surface area contributed by atoms with Crippen LogP contribution in [-0.2, 0) is 11.5 Å². The van der Waals surface area contributed by atoms with Gasteiger partial charge in [-0.1, -0.05) is 0 Å². The molecule has 12 heavy (non-hydrogen) atoms. The highest BCUT2D eigenvalue weighted by molar-refractivity contribution is 5.88. The number of rotatable bonds is 3. The largest absolute Gasteiger partial charge is 0.478 e. The maximum Gasteiger partial charge on any atom is 0.339 e. The minimum Gasteiger partial charge on any atom is -0.478 e. The van der Waals surface area contributed by atoms with E-state index >= 15 is 0 Å². The zero-order valence-electron chi connectivity index (χ0n) is 6.94. The van der Waals surface area contributed by atoms with Crippen molar-refractivity contribution in [2.24, 2.45) is 0 Å². The Kier molecular flexibility index (Phi) is 2.44. The van der Waals surface area contributed by atoms with Crippen LogP contribution in [0.15, 0.2) is 6.20 Å². The summed E-state index contributed by atoms with van der Waals surface area (Å²) in [5.41, 5.74) is 0.714. The van der Waals surface area contributed by atoms with Crippen LogP contribution in [0.3, 0.4) is 0 Å². The van der Waals surface area contributed by atoms with E-state index in [2.05, 4.69) is 5.10 Å². The highest BCUT2D eigenvalue weighted by Gasteiger charge is 2.10. The summed E-state index contributed by atoms with van der Waals surface area (Å²) in [7, 11) is 1.53. The Balaban J connectivity index is 2.92. The van der Waals surface area contributed by atoms with Gasteiger partial charge in [0.2, 0.25) is 0 Å². The number of ether oxygens (including phenoxy) is 1. The van der Waals surface area contributed by atoms with E-state index in [1.165, 1.54) is 18.0 Å². The molecule has 0 spiro atoms. The third-order valence-corrected chi connectivity index (χ3v) is 1.44. The van der Waals surface area contributed by atoms with Crippen LogP contribution < -0.4 is 0 Å². The molecule has 1 aromatic rings. The second-order valence-electron chi connectivity index (χ2n) is 2.39. The van der Waals surface area contributed by atoms with E-state index in [1.807, 2.05) is 0 Å². The molecule has 0 aliphatic carbocycles. The van der Waals surface area contributed by atoms with Crippen LogP contribution >= 0.6 is 0 Å². The molecule has 0 aromatic carbocycles. The van der Waals surface area contributed by atoms with Crippen LogP contribution in [0.4, 0.5) is 0 Å². The summed E-state index contributed by atoms with van der Waals surface area (Å²) in [4.78, 5) is 10.5. The fourth-order valence-corrected chi connectivity index (χ4v) is 0.926. The summed E-state index contributed by atoms with van der Waals surface area (Å²) in [6.07, 6.45) is 1.45. The highest BCUT2D eigenvalue weighted by Crippen LogP contribution is 2.04. The van der Waals surface area contributed by atoms with E-state index < -0.39 is 5.97 Å². The summed E-state index contributed by atoms with van der Waals surface area (Å²) in [5, 5.41) is 12.6. The lowest BCUT2D eigenvalue weighted by atomic mass is 10.3. The van der Waals surface area contributed by atoms with Crippen LogP contribution in [0.5, 0.6) is 0 Å². The number of aromatic nitrogens is 2. The van der Waals surface area contributed by atoms with Gasteiger partial charge in [-0.05, 0) is 6.92 Å². The lowest BCUT2D eigenvalue weighted by Gasteiger charge is -1.95. The molecule has 0 fully saturated rings. The number of methoxy groups -OCH3 is 1. The van der Waals surface area contributed by atoms with E-state index in [1.54, 1.807) is 6.92 Å². The minimum absolute atomic E-state index is 0.215. The Bertz CT molecular complexity index is 293. The molecule has 0 aliphatic heterocycles. The number of carboxylic acids is 1. The van der Waals surface area contributed by atoms with Gasteiger partial charge in [0.1, 0.15) is 12.3 Å². The smallest absolute Gasteiger partial charge is 0.339 e. The van der Waals surface area contributed by atoms with Gasteiger partial charge >= 0.3 is 5.97 Å². The number of hydrogen-bond acceptors (Lipinski definition) is 3. The quantitative estimate of drug-likeness (QED) is 0.717. The number of nitrogens with zero attached hydrogens (tertiary/aromatic N) is 2. The number of carboxylic acid groups (broad SMARTS) is 1. The molecule has 0 saturated carbocycles. The average molecular weight is 170 g/mol. The Labute approximate surface area is 69.6 Å². The van der Waals surface area contributed by atoms with Crippen molar-refractivity contribution in [2.75, 3.05) is 7.11 Å². The van der Waals surface area contributed by atoms with Gasteiger partial charge in [-0.25, -0.2) is 9.48 Å². The van der Waals surface area contributed by atoms with Crippen LogP contribution in [0.25, 0.3) is 0 Å². The SMILES string of the molecule is COCn1cc(C(=O)O)c(C)n1. The molecule has 5 nitrogen and oxygen atoms in total. The van der Waals surface area contributed by atoms with E-state index in [0.717, 1.165) is 0 Å². The molecular weight excluding hydrogens is 160 g/mol. The first kappa shape index (κ1) is 8.73. The van der Waals surface area contributed by atoms with Crippen LogP contribution in [0.2, 0.25) is 0 Å². The molecule has 0 saturated heterocycles. The van der Waals surface area contributed by atoms with E-state index in [-0.39, 0.29) is 12.3 Å². The summed E-state index contributed by atoms with van der Waals surface area (Å²) in [6, 6.07) is 0. The molecule has 0 unspecified atom stereocenters. The summed E-state index contributed by atoms with van der Waals surface area (Å²) in [5.74, 6) is -0.963. The third kappa shape index (κ3) is 1.62. The second-order valence-corrected chi connectivity index (χ2v) is 2.39. The molecule has 0 bridgehead atoms. The zero-order valence-corrected chi connectivity index (χ0v) is 6.94. The van der Waals surface area contributed by atoms with Crippen LogP contribution in [-0.4, -0.2) is 28.0 Å². The normalized spacial score (nSPS) is 10.2. The molecule has 0 aliphatic rings. The van der Waals surface area contributed by atoms with Crippen LogP contribution in [0.1, 0.15) is 16.1 Å². The molecular formula is C7H10N2O3. The lowest BCUT2D eigenvalue weighted by molar-refractivity contribution is 0.0695. The maximum absolute atomic E-state index is 10.5. The standard InChI is InChI=1S/C7H10N2O3/c1-5-6(7(10)11)3-9(8-5)4-12-2/h3H,4H2,1-2H3,(H,10,11). The zero-order chi connectivity index (χ0) is 9.14. The Morgan fingerprint density at radius 3 is 2.92 bits per heavy atom. The molecule has 1 aromatic heterocycles. The van der Waals surface area contributed by atoms with Gasteiger partial charge in [-0.3, -0.25) is 0 Å². The first-order valence-electron chi connectivity index (χ1n) is 3.41. The van der Waals surface area contributed by atoms with Gasteiger partial charge in [0, 0.05) is 13.3 Å². The van der Waals surface area contributed by atoms with Gasteiger partial charge in [-0.2, -0.15) is 5.10 Å². The van der Waals surface area contributed by atoms with Gasteiger partial charge < -0.3 is 9.84 Å². The Morgan fingerprint density at radius 2 is 2.50 bits per heavy atom. The highest BCUT2D eigenvalue weighted by atomic mass is 16.5. The maximum atomic E-state index is 10.5. The summed E-state index contributed by atoms with van der Waals surface area (Å²) in [6.45, 7) is 1.92. The van der Waals surface area contributed by atoms with E-state index in [0.29, 0.717) is 5.69 Å². The van der Waals surface area contributed by atoms with E-state index in [9.17, 15) is 4.79 Å². The van der Waals surface area contributed by atoms with Crippen molar-refractivity contribution in [2.45, 2.75) is 13.7 Å². The van der Waals surface area contributed by atoms with Gasteiger partial charge in [0.25, 0.3) is 0 Å². The summed E-state index contributed by atoms with van der Waals surface area (Å²) >= 11 is 0. The fourth-order valence-electron chi connectivity index (χ4n) is 0.926. The topological polar surface area (TPSA) is 64.3 Å². The molecule has 0 amide bonds. The molecule has 0 radical (unpaired) electrons. The molecule has 1 rings (SSSR count). The van der Waals surface area contributed by atoms with Crippen LogP contribution in [0, 0.1) is 6.92 Å². The second kappa shape index (κ2) is 3.36. The lowest BCUT2D eigenvalue weighted by Crippen LogP contribution is -2.00. The third-order valence-electron chi connectivity index (χ3n) is 1.44. The minimum atomic E-state index is -0.963. The first-order chi connectivity index (χ1) is 5.65. The van der Waals surface area contributed by atoms with Crippen molar-refractivity contribution in [1.82, 2.24) is 9.78 Å². The fraction of sp³-hybridized carbons (Fsp3) is 0.429. The van der Waals surface area contributed by atoms with Gasteiger partial charge in [-0.15, -0.1) is 0 Å². The van der Waals surface area contributed by atoms with E-state index in [4.69, 9.17) is 9.84 Å².